The molecule has 0 saturated heterocycles. The van der Waals surface area contributed by atoms with Gasteiger partial charge in [0.2, 0.25) is 5.91 Å². The second-order valence-corrected chi connectivity index (χ2v) is 5.46. The second-order valence-electron chi connectivity index (χ2n) is 5.46. The van der Waals surface area contributed by atoms with E-state index in [1.165, 1.54) is 30.3 Å². The van der Waals surface area contributed by atoms with Crippen molar-refractivity contribution in [3.63, 3.8) is 0 Å². The first-order valence-electron chi connectivity index (χ1n) is 7.55. The molecule has 1 aromatic heterocycles. The van der Waals surface area contributed by atoms with Gasteiger partial charge in [-0.15, -0.1) is 0 Å². The summed E-state index contributed by atoms with van der Waals surface area (Å²) in [4.78, 5) is 12.3. The summed E-state index contributed by atoms with van der Waals surface area (Å²) in [5.74, 6) is -0.980. The molecule has 0 spiro atoms. The molecular weight excluding hydrogens is 310 g/mol. The van der Waals surface area contributed by atoms with Gasteiger partial charge in [0, 0.05) is 18.1 Å². The van der Waals surface area contributed by atoms with E-state index in [1.807, 2.05) is 29.1 Å². The molecule has 24 heavy (non-hydrogen) atoms. The van der Waals surface area contributed by atoms with E-state index < -0.39 is 5.82 Å². The molecule has 0 fully saturated rings. The van der Waals surface area contributed by atoms with Crippen molar-refractivity contribution in [2.75, 3.05) is 5.32 Å². The summed E-state index contributed by atoms with van der Waals surface area (Å²) in [6.45, 7) is 0. The van der Waals surface area contributed by atoms with Crippen LogP contribution in [-0.2, 0) is 4.79 Å². The number of rotatable bonds is 5. The summed E-state index contributed by atoms with van der Waals surface area (Å²) in [6, 6.07) is 15.3. The summed E-state index contributed by atoms with van der Waals surface area (Å²) in [5.41, 5.74) is 1.23. The minimum atomic E-state index is -0.409. The van der Waals surface area contributed by atoms with Crippen molar-refractivity contribution in [1.29, 1.82) is 0 Å². The normalized spacial score (nSPS) is 11.9. The van der Waals surface area contributed by atoms with Gasteiger partial charge in [0.05, 0.1) is 12.5 Å². The van der Waals surface area contributed by atoms with Crippen LogP contribution in [0.25, 0.3) is 0 Å². The van der Waals surface area contributed by atoms with E-state index >= 15 is 0 Å². The fraction of sp³-hybridized carbons (Fsp3) is 0.105. The van der Waals surface area contributed by atoms with Crippen molar-refractivity contribution in [3.05, 3.63) is 90.3 Å². The van der Waals surface area contributed by atoms with Crippen LogP contribution in [0, 0.1) is 11.6 Å². The Hall–Kier alpha value is -2.95. The third kappa shape index (κ3) is 3.87. The van der Waals surface area contributed by atoms with Crippen LogP contribution in [0.15, 0.2) is 73.1 Å². The van der Waals surface area contributed by atoms with Crippen LogP contribution in [0.2, 0.25) is 0 Å². The smallest absolute Gasteiger partial charge is 0.226 e. The van der Waals surface area contributed by atoms with Gasteiger partial charge in [-0.2, -0.15) is 0 Å². The molecule has 0 aliphatic rings. The number of benzene rings is 2. The standard InChI is InChI=1S/C19H16F2N2O/c20-15-8-6-14(7-9-15)18(23-10-1-2-11-23)13-19(24)22-17-5-3-4-16(21)12-17/h1-12,18H,13H2,(H,22,24). The maximum atomic E-state index is 13.2. The number of nitrogens with zero attached hydrogens (tertiary/aromatic N) is 1. The van der Waals surface area contributed by atoms with E-state index in [0.717, 1.165) is 5.56 Å². The van der Waals surface area contributed by atoms with Gasteiger partial charge in [0.15, 0.2) is 0 Å². The van der Waals surface area contributed by atoms with Crippen molar-refractivity contribution in [1.82, 2.24) is 4.57 Å². The number of carbonyl (C=O) groups is 1. The van der Waals surface area contributed by atoms with E-state index in [0.29, 0.717) is 5.69 Å². The molecule has 1 atom stereocenters. The van der Waals surface area contributed by atoms with Crippen molar-refractivity contribution >= 4 is 11.6 Å². The molecule has 0 radical (unpaired) electrons. The quantitative estimate of drug-likeness (QED) is 0.741. The molecule has 2 aromatic carbocycles. The van der Waals surface area contributed by atoms with Gasteiger partial charge in [-0.3, -0.25) is 4.79 Å². The zero-order valence-corrected chi connectivity index (χ0v) is 12.8. The first kappa shape index (κ1) is 15.9. The Kier molecular flexibility index (Phi) is 4.70. The molecule has 1 N–H and O–H groups in total. The Bertz CT molecular complexity index is 814. The Morgan fingerprint density at radius 1 is 0.958 bits per heavy atom. The van der Waals surface area contributed by atoms with Crippen LogP contribution in [0.4, 0.5) is 14.5 Å². The predicted octanol–water partition coefficient (Wildman–Crippen LogP) is 4.38. The lowest BCUT2D eigenvalue weighted by atomic mass is 10.0. The number of halogens is 2. The van der Waals surface area contributed by atoms with Gasteiger partial charge >= 0.3 is 0 Å². The van der Waals surface area contributed by atoms with Crippen LogP contribution in [-0.4, -0.2) is 10.5 Å². The lowest BCUT2D eigenvalue weighted by Gasteiger charge is -2.19. The van der Waals surface area contributed by atoms with Crippen LogP contribution >= 0.6 is 0 Å². The minimum Gasteiger partial charge on any atom is -0.346 e. The Morgan fingerprint density at radius 3 is 2.33 bits per heavy atom. The van der Waals surface area contributed by atoms with Gasteiger partial charge in [-0.05, 0) is 48.0 Å². The maximum Gasteiger partial charge on any atom is 0.226 e. The molecule has 3 aromatic rings. The monoisotopic (exact) mass is 326 g/mol. The summed E-state index contributed by atoms with van der Waals surface area (Å²) in [5, 5.41) is 2.69. The molecule has 0 bridgehead atoms. The third-order valence-corrected chi connectivity index (χ3v) is 3.73. The molecule has 3 rings (SSSR count). The molecule has 5 heteroatoms. The zero-order chi connectivity index (χ0) is 16.9. The molecule has 1 amide bonds. The summed E-state index contributed by atoms with van der Waals surface area (Å²) < 4.78 is 28.3. The molecular formula is C19H16F2N2O. The van der Waals surface area contributed by atoms with Gasteiger partial charge in [-0.25, -0.2) is 8.78 Å². The predicted molar refractivity (Wildman–Crippen MR) is 88.6 cm³/mol. The number of nitrogens with one attached hydrogen (secondary N) is 1. The maximum absolute atomic E-state index is 13.2. The molecule has 1 heterocycles. The number of carbonyl (C=O) groups excluding carboxylic acids is 1. The second kappa shape index (κ2) is 7.08. The zero-order valence-electron chi connectivity index (χ0n) is 12.8. The number of hydrogen-bond donors (Lipinski definition) is 1. The molecule has 0 aliphatic heterocycles. The minimum absolute atomic E-state index is 0.150. The molecule has 1 unspecified atom stereocenters. The van der Waals surface area contributed by atoms with Crippen molar-refractivity contribution in [2.24, 2.45) is 0 Å². The first-order valence-corrected chi connectivity index (χ1v) is 7.55. The van der Waals surface area contributed by atoms with Gasteiger partial charge < -0.3 is 9.88 Å². The highest BCUT2D eigenvalue weighted by Crippen LogP contribution is 2.23. The van der Waals surface area contributed by atoms with Gasteiger partial charge in [-0.1, -0.05) is 18.2 Å². The van der Waals surface area contributed by atoms with Gasteiger partial charge in [0.1, 0.15) is 11.6 Å². The number of anilines is 1. The van der Waals surface area contributed by atoms with Crippen molar-refractivity contribution < 1.29 is 13.6 Å². The Labute approximate surface area is 138 Å². The first-order chi connectivity index (χ1) is 11.6. The van der Waals surface area contributed by atoms with E-state index in [9.17, 15) is 13.6 Å². The van der Waals surface area contributed by atoms with E-state index in [1.54, 1.807) is 18.2 Å². The summed E-state index contributed by atoms with van der Waals surface area (Å²) in [6.07, 6.45) is 3.85. The fourth-order valence-corrected chi connectivity index (χ4v) is 2.59. The van der Waals surface area contributed by atoms with E-state index in [2.05, 4.69) is 5.32 Å². The highest BCUT2D eigenvalue weighted by molar-refractivity contribution is 5.91. The Morgan fingerprint density at radius 2 is 1.67 bits per heavy atom. The fourth-order valence-electron chi connectivity index (χ4n) is 2.59. The molecule has 3 nitrogen and oxygen atoms in total. The largest absolute Gasteiger partial charge is 0.346 e. The SMILES string of the molecule is O=C(CC(c1ccc(F)cc1)n1cccc1)Nc1cccc(F)c1. The average molecular weight is 326 g/mol. The summed E-state index contributed by atoms with van der Waals surface area (Å²) >= 11 is 0. The highest BCUT2D eigenvalue weighted by atomic mass is 19.1. The molecule has 0 aliphatic carbocycles. The van der Waals surface area contributed by atoms with Gasteiger partial charge in [0.25, 0.3) is 0 Å². The van der Waals surface area contributed by atoms with Crippen LogP contribution < -0.4 is 5.32 Å². The van der Waals surface area contributed by atoms with E-state index in [4.69, 9.17) is 0 Å². The summed E-state index contributed by atoms with van der Waals surface area (Å²) in [7, 11) is 0. The van der Waals surface area contributed by atoms with Crippen LogP contribution in [0.3, 0.4) is 0 Å². The lowest BCUT2D eigenvalue weighted by molar-refractivity contribution is -0.116. The lowest BCUT2D eigenvalue weighted by Crippen LogP contribution is -2.19. The number of amides is 1. The molecule has 0 saturated carbocycles. The average Bonchev–Trinajstić information content (AvgIpc) is 3.08. The Balaban J connectivity index is 1.79. The molecule has 122 valence electrons. The van der Waals surface area contributed by atoms with Crippen LogP contribution in [0.5, 0.6) is 0 Å². The topological polar surface area (TPSA) is 34.0 Å². The van der Waals surface area contributed by atoms with Crippen LogP contribution in [0.1, 0.15) is 18.0 Å². The third-order valence-electron chi connectivity index (χ3n) is 3.73. The van der Waals surface area contributed by atoms with E-state index in [-0.39, 0.29) is 24.2 Å². The highest BCUT2D eigenvalue weighted by Gasteiger charge is 2.17. The number of aromatic nitrogens is 1. The van der Waals surface area contributed by atoms with Crippen molar-refractivity contribution in [2.45, 2.75) is 12.5 Å². The van der Waals surface area contributed by atoms with Crippen molar-refractivity contribution in [3.8, 4) is 0 Å². The number of hydrogen-bond acceptors (Lipinski definition) is 1.